The highest BCUT2D eigenvalue weighted by Gasteiger charge is 2.13. The topological polar surface area (TPSA) is 77.1 Å². The lowest BCUT2D eigenvalue weighted by Gasteiger charge is -2.12. The summed E-state index contributed by atoms with van der Waals surface area (Å²) >= 11 is 0. The van der Waals surface area contributed by atoms with E-state index in [0.717, 1.165) is 24.3 Å². The van der Waals surface area contributed by atoms with Crippen LogP contribution in [0, 0.1) is 5.92 Å². The van der Waals surface area contributed by atoms with Crippen molar-refractivity contribution in [1.29, 1.82) is 0 Å². The normalized spacial score (nSPS) is 12.4. The van der Waals surface area contributed by atoms with Gasteiger partial charge in [0.1, 0.15) is 5.82 Å². The lowest BCUT2D eigenvalue weighted by Crippen LogP contribution is -2.32. The van der Waals surface area contributed by atoms with Gasteiger partial charge in [-0.25, -0.2) is 0 Å². The van der Waals surface area contributed by atoms with Crippen LogP contribution in [0.2, 0.25) is 0 Å². The predicted molar refractivity (Wildman–Crippen MR) is 85.7 cm³/mol. The van der Waals surface area contributed by atoms with Gasteiger partial charge in [0.2, 0.25) is 5.91 Å². The molecule has 3 heterocycles. The molecule has 0 radical (unpaired) electrons. The Morgan fingerprint density at radius 3 is 3.00 bits per heavy atom. The first kappa shape index (κ1) is 15.2. The van der Waals surface area contributed by atoms with Gasteiger partial charge in [-0.1, -0.05) is 13.0 Å². The summed E-state index contributed by atoms with van der Waals surface area (Å²) in [5, 5.41) is 15.4. The van der Waals surface area contributed by atoms with Crippen LogP contribution < -0.4 is 5.32 Å². The van der Waals surface area contributed by atoms with Crippen LogP contribution in [0.3, 0.4) is 0 Å². The molecule has 0 aromatic carbocycles. The Labute approximate surface area is 134 Å². The van der Waals surface area contributed by atoms with Gasteiger partial charge in [-0.2, -0.15) is 5.10 Å². The zero-order chi connectivity index (χ0) is 16.1. The van der Waals surface area contributed by atoms with Gasteiger partial charge in [0.05, 0.1) is 12.5 Å². The van der Waals surface area contributed by atoms with Gasteiger partial charge in [-0.05, 0) is 24.6 Å². The van der Waals surface area contributed by atoms with E-state index in [1.807, 2.05) is 48.0 Å². The van der Waals surface area contributed by atoms with Gasteiger partial charge in [0, 0.05) is 31.6 Å². The highest BCUT2D eigenvalue weighted by atomic mass is 16.1. The molecule has 0 fully saturated rings. The molecule has 0 aliphatic heterocycles. The molecule has 0 saturated heterocycles. The number of nitrogens with zero attached hydrogens (tertiary/aromatic N) is 5. The predicted octanol–water partition coefficient (Wildman–Crippen LogP) is 1.31. The Balaban J connectivity index is 1.43. The first-order valence-electron chi connectivity index (χ1n) is 7.78. The standard InChI is InChI=1S/C16H20N6O/c1-13(12-21-10-5-9-18-21)16(23)17-8-4-7-15-20-19-14-6-2-3-11-22(14)15/h2-3,5-6,9-11,13H,4,7-8,12H2,1H3,(H,17,23). The third kappa shape index (κ3) is 3.74. The highest BCUT2D eigenvalue weighted by molar-refractivity contribution is 5.78. The average molecular weight is 312 g/mol. The lowest BCUT2D eigenvalue weighted by atomic mass is 10.1. The Morgan fingerprint density at radius 2 is 2.17 bits per heavy atom. The number of rotatable bonds is 7. The van der Waals surface area contributed by atoms with Gasteiger partial charge in [0.15, 0.2) is 5.65 Å². The number of hydrogen-bond acceptors (Lipinski definition) is 4. The molecule has 3 aromatic rings. The quantitative estimate of drug-likeness (QED) is 0.667. The van der Waals surface area contributed by atoms with E-state index in [4.69, 9.17) is 0 Å². The third-order valence-corrected chi connectivity index (χ3v) is 3.73. The molecule has 7 nitrogen and oxygen atoms in total. The minimum atomic E-state index is -0.108. The Kier molecular flexibility index (Phi) is 4.65. The second-order valence-electron chi connectivity index (χ2n) is 5.57. The SMILES string of the molecule is CC(Cn1cccn1)C(=O)NCCCc1nnc2ccccn12. The number of pyridine rings is 1. The van der Waals surface area contributed by atoms with Crippen LogP contribution in [0.4, 0.5) is 0 Å². The first-order valence-corrected chi connectivity index (χ1v) is 7.78. The summed E-state index contributed by atoms with van der Waals surface area (Å²) in [4.78, 5) is 12.1. The molecule has 3 rings (SSSR count). The summed E-state index contributed by atoms with van der Waals surface area (Å²) in [6.45, 7) is 3.13. The molecule has 1 unspecified atom stereocenters. The molecule has 0 spiro atoms. The summed E-state index contributed by atoms with van der Waals surface area (Å²) < 4.78 is 3.74. The molecule has 0 aliphatic carbocycles. The Morgan fingerprint density at radius 1 is 1.26 bits per heavy atom. The van der Waals surface area contributed by atoms with Crippen molar-refractivity contribution in [3.63, 3.8) is 0 Å². The molecule has 0 aliphatic rings. The fourth-order valence-corrected chi connectivity index (χ4v) is 2.47. The monoisotopic (exact) mass is 312 g/mol. The number of nitrogens with one attached hydrogen (secondary N) is 1. The van der Waals surface area contributed by atoms with Crippen molar-refractivity contribution >= 4 is 11.6 Å². The maximum absolute atomic E-state index is 12.1. The molecular weight excluding hydrogens is 292 g/mol. The number of aryl methyl sites for hydroxylation is 1. The summed E-state index contributed by atoms with van der Waals surface area (Å²) in [7, 11) is 0. The molecule has 1 atom stereocenters. The molecular formula is C16H20N6O. The Hall–Kier alpha value is -2.70. The number of hydrogen-bond donors (Lipinski definition) is 1. The van der Waals surface area contributed by atoms with Crippen molar-refractivity contribution in [2.45, 2.75) is 26.3 Å². The zero-order valence-electron chi connectivity index (χ0n) is 13.1. The number of carbonyl (C=O) groups is 1. The Bertz CT molecular complexity index is 764. The van der Waals surface area contributed by atoms with Gasteiger partial charge < -0.3 is 5.32 Å². The first-order chi connectivity index (χ1) is 11.2. The average Bonchev–Trinajstić information content (AvgIpc) is 3.21. The smallest absolute Gasteiger partial charge is 0.224 e. The van der Waals surface area contributed by atoms with Crippen LogP contribution in [0.15, 0.2) is 42.9 Å². The van der Waals surface area contributed by atoms with E-state index < -0.39 is 0 Å². The second kappa shape index (κ2) is 7.04. The van der Waals surface area contributed by atoms with E-state index in [0.29, 0.717) is 13.1 Å². The molecule has 23 heavy (non-hydrogen) atoms. The van der Waals surface area contributed by atoms with Crippen molar-refractivity contribution in [1.82, 2.24) is 29.7 Å². The van der Waals surface area contributed by atoms with Crippen LogP contribution in [0.25, 0.3) is 5.65 Å². The number of fused-ring (bicyclic) bond motifs is 1. The number of aromatic nitrogens is 5. The molecule has 120 valence electrons. The van der Waals surface area contributed by atoms with Crippen molar-refractivity contribution in [2.75, 3.05) is 6.54 Å². The second-order valence-corrected chi connectivity index (χ2v) is 5.57. The molecule has 0 saturated carbocycles. The van der Waals surface area contributed by atoms with Crippen LogP contribution in [-0.2, 0) is 17.8 Å². The van der Waals surface area contributed by atoms with E-state index in [-0.39, 0.29) is 11.8 Å². The summed E-state index contributed by atoms with van der Waals surface area (Å²) in [6.07, 6.45) is 7.14. The van der Waals surface area contributed by atoms with Crippen LogP contribution >= 0.6 is 0 Å². The molecule has 3 aromatic heterocycles. The van der Waals surface area contributed by atoms with Gasteiger partial charge in [-0.3, -0.25) is 13.9 Å². The fraction of sp³-hybridized carbons (Fsp3) is 0.375. The van der Waals surface area contributed by atoms with E-state index in [2.05, 4.69) is 20.6 Å². The van der Waals surface area contributed by atoms with E-state index in [1.54, 1.807) is 10.9 Å². The molecule has 7 heteroatoms. The maximum atomic E-state index is 12.1. The minimum absolute atomic E-state index is 0.0478. The third-order valence-electron chi connectivity index (χ3n) is 3.73. The molecule has 0 bridgehead atoms. The lowest BCUT2D eigenvalue weighted by molar-refractivity contribution is -0.124. The van der Waals surface area contributed by atoms with E-state index in [9.17, 15) is 4.79 Å². The van der Waals surface area contributed by atoms with Gasteiger partial charge in [0.25, 0.3) is 0 Å². The summed E-state index contributed by atoms with van der Waals surface area (Å²) in [6, 6.07) is 7.68. The van der Waals surface area contributed by atoms with E-state index >= 15 is 0 Å². The number of amides is 1. The molecule has 1 N–H and O–H groups in total. The minimum Gasteiger partial charge on any atom is -0.356 e. The van der Waals surface area contributed by atoms with Gasteiger partial charge >= 0.3 is 0 Å². The summed E-state index contributed by atoms with van der Waals surface area (Å²) in [5.74, 6) is 0.856. The largest absolute Gasteiger partial charge is 0.356 e. The summed E-state index contributed by atoms with van der Waals surface area (Å²) in [5.41, 5.74) is 0.847. The van der Waals surface area contributed by atoms with Crippen LogP contribution in [-0.4, -0.2) is 36.8 Å². The zero-order valence-corrected chi connectivity index (χ0v) is 13.1. The fourth-order valence-electron chi connectivity index (χ4n) is 2.47. The molecule has 1 amide bonds. The maximum Gasteiger partial charge on any atom is 0.224 e. The van der Waals surface area contributed by atoms with Crippen molar-refractivity contribution in [2.24, 2.45) is 5.92 Å². The van der Waals surface area contributed by atoms with Crippen molar-refractivity contribution in [3.8, 4) is 0 Å². The number of carbonyl (C=O) groups excluding carboxylic acids is 1. The van der Waals surface area contributed by atoms with E-state index in [1.165, 1.54) is 0 Å². The van der Waals surface area contributed by atoms with Crippen molar-refractivity contribution < 1.29 is 4.79 Å². The van der Waals surface area contributed by atoms with Crippen LogP contribution in [0.1, 0.15) is 19.2 Å². The highest BCUT2D eigenvalue weighted by Crippen LogP contribution is 2.05. The van der Waals surface area contributed by atoms with Crippen LogP contribution in [0.5, 0.6) is 0 Å². The van der Waals surface area contributed by atoms with Gasteiger partial charge in [-0.15, -0.1) is 10.2 Å². The van der Waals surface area contributed by atoms with Crippen molar-refractivity contribution in [3.05, 3.63) is 48.7 Å².